The van der Waals surface area contributed by atoms with Gasteiger partial charge in [-0.15, -0.1) is 0 Å². The molecule has 23 heavy (non-hydrogen) atoms. The van der Waals surface area contributed by atoms with Gasteiger partial charge in [-0.25, -0.2) is 13.1 Å². The van der Waals surface area contributed by atoms with E-state index in [1.807, 2.05) is 26.0 Å². The van der Waals surface area contributed by atoms with Crippen molar-refractivity contribution in [3.8, 4) is 0 Å². The largest absolute Gasteiger partial charge is 0.383 e. The molecule has 1 aromatic carbocycles. The molecule has 0 bridgehead atoms. The van der Waals surface area contributed by atoms with Crippen molar-refractivity contribution in [2.24, 2.45) is 5.92 Å². The van der Waals surface area contributed by atoms with E-state index in [-0.39, 0.29) is 0 Å². The standard InChI is InChI=1S/C17H28N2O3S/c1-14-4-5-15(2)17(12-14)23(20,21)18-13-16-6-8-19(9-7-16)10-11-22-3/h4-5,12,16,18H,6-11,13H2,1-3H3. The van der Waals surface area contributed by atoms with E-state index < -0.39 is 10.0 Å². The normalized spacial score (nSPS) is 17.5. The van der Waals surface area contributed by atoms with Crippen LogP contribution in [-0.4, -0.2) is 53.2 Å². The fraction of sp³-hybridized carbons (Fsp3) is 0.647. The monoisotopic (exact) mass is 340 g/mol. The predicted octanol–water partition coefficient (Wildman–Crippen LogP) is 1.94. The molecule has 0 atom stereocenters. The summed E-state index contributed by atoms with van der Waals surface area (Å²) >= 11 is 0. The number of benzene rings is 1. The molecule has 0 spiro atoms. The van der Waals surface area contributed by atoms with Crippen LogP contribution in [-0.2, 0) is 14.8 Å². The van der Waals surface area contributed by atoms with Crippen LogP contribution >= 0.6 is 0 Å². The molecule has 1 fully saturated rings. The Morgan fingerprint density at radius 1 is 1.26 bits per heavy atom. The molecule has 0 aromatic heterocycles. The minimum absolute atomic E-state index is 0.398. The number of hydrogen-bond donors (Lipinski definition) is 1. The Balaban J connectivity index is 1.87. The fourth-order valence-corrected chi connectivity index (χ4v) is 4.38. The van der Waals surface area contributed by atoms with E-state index in [1.54, 1.807) is 13.2 Å². The summed E-state index contributed by atoms with van der Waals surface area (Å²) in [7, 11) is -1.71. The van der Waals surface area contributed by atoms with E-state index in [1.165, 1.54) is 0 Å². The molecule has 1 aromatic rings. The van der Waals surface area contributed by atoms with Crippen molar-refractivity contribution < 1.29 is 13.2 Å². The topological polar surface area (TPSA) is 58.6 Å². The lowest BCUT2D eigenvalue weighted by atomic mass is 9.97. The Kier molecular flexibility index (Phi) is 6.59. The Morgan fingerprint density at radius 3 is 2.61 bits per heavy atom. The van der Waals surface area contributed by atoms with Crippen LogP contribution in [0.5, 0.6) is 0 Å². The highest BCUT2D eigenvalue weighted by molar-refractivity contribution is 7.89. The number of piperidine rings is 1. The first-order valence-corrected chi connectivity index (χ1v) is 9.69. The minimum Gasteiger partial charge on any atom is -0.383 e. The molecule has 1 aliphatic rings. The molecule has 0 amide bonds. The van der Waals surface area contributed by atoms with E-state index in [0.717, 1.165) is 50.2 Å². The van der Waals surface area contributed by atoms with Crippen LogP contribution in [0.2, 0.25) is 0 Å². The molecular formula is C17H28N2O3S. The minimum atomic E-state index is -3.42. The predicted molar refractivity (Wildman–Crippen MR) is 92.1 cm³/mol. The van der Waals surface area contributed by atoms with Gasteiger partial charge in [0.15, 0.2) is 0 Å². The van der Waals surface area contributed by atoms with E-state index in [0.29, 0.717) is 17.4 Å². The number of nitrogens with zero attached hydrogens (tertiary/aromatic N) is 1. The third-order valence-electron chi connectivity index (χ3n) is 4.51. The zero-order valence-corrected chi connectivity index (χ0v) is 15.2. The molecule has 0 aliphatic carbocycles. The number of aryl methyl sites for hydroxylation is 2. The molecule has 5 nitrogen and oxygen atoms in total. The molecule has 0 unspecified atom stereocenters. The summed E-state index contributed by atoms with van der Waals surface area (Å²) in [5.74, 6) is 0.411. The molecule has 1 heterocycles. The summed E-state index contributed by atoms with van der Waals surface area (Å²) in [5, 5.41) is 0. The number of likely N-dealkylation sites (tertiary alicyclic amines) is 1. The van der Waals surface area contributed by atoms with Crippen LogP contribution in [0.1, 0.15) is 24.0 Å². The molecule has 1 aliphatic heterocycles. The third-order valence-corrected chi connectivity index (χ3v) is 6.08. The molecule has 6 heteroatoms. The highest BCUT2D eigenvalue weighted by Crippen LogP contribution is 2.19. The molecule has 2 rings (SSSR count). The van der Waals surface area contributed by atoms with Gasteiger partial charge in [-0.2, -0.15) is 0 Å². The van der Waals surface area contributed by atoms with Crippen LogP contribution < -0.4 is 4.72 Å². The summed E-state index contributed by atoms with van der Waals surface area (Å²) in [6.45, 7) is 8.00. The van der Waals surface area contributed by atoms with Crippen molar-refractivity contribution in [3.63, 3.8) is 0 Å². The molecular weight excluding hydrogens is 312 g/mol. The second kappa shape index (κ2) is 8.24. The highest BCUT2D eigenvalue weighted by atomic mass is 32.2. The van der Waals surface area contributed by atoms with Crippen molar-refractivity contribution in [2.45, 2.75) is 31.6 Å². The average molecular weight is 340 g/mol. The molecule has 1 N–H and O–H groups in total. The number of nitrogens with one attached hydrogen (secondary N) is 1. The number of hydrogen-bond acceptors (Lipinski definition) is 4. The van der Waals surface area contributed by atoms with Gasteiger partial charge >= 0.3 is 0 Å². The second-order valence-electron chi connectivity index (χ2n) is 6.40. The summed E-state index contributed by atoms with van der Waals surface area (Å²) < 4.78 is 32.9. The summed E-state index contributed by atoms with van der Waals surface area (Å²) in [4.78, 5) is 2.77. The van der Waals surface area contributed by atoms with Gasteiger partial charge in [-0.1, -0.05) is 12.1 Å². The van der Waals surface area contributed by atoms with Crippen molar-refractivity contribution >= 4 is 10.0 Å². The van der Waals surface area contributed by atoms with E-state index in [9.17, 15) is 8.42 Å². The van der Waals surface area contributed by atoms with Gasteiger partial charge in [0.2, 0.25) is 10.0 Å². The lowest BCUT2D eigenvalue weighted by molar-refractivity contribution is 0.121. The average Bonchev–Trinajstić information content (AvgIpc) is 2.54. The molecule has 130 valence electrons. The number of ether oxygens (including phenoxy) is 1. The first kappa shape index (κ1) is 18.4. The van der Waals surface area contributed by atoms with Crippen LogP contribution in [0.15, 0.2) is 23.1 Å². The lowest BCUT2D eigenvalue weighted by Crippen LogP contribution is -2.39. The van der Waals surface area contributed by atoms with Gasteiger partial charge in [0, 0.05) is 20.2 Å². The Hall–Kier alpha value is -0.950. The first-order chi connectivity index (χ1) is 10.9. The summed E-state index contributed by atoms with van der Waals surface area (Å²) in [6, 6.07) is 5.54. The van der Waals surface area contributed by atoms with Crippen molar-refractivity contribution in [2.75, 3.05) is 39.9 Å². The van der Waals surface area contributed by atoms with E-state index in [2.05, 4.69) is 9.62 Å². The highest BCUT2D eigenvalue weighted by Gasteiger charge is 2.22. The molecule has 0 radical (unpaired) electrons. The second-order valence-corrected chi connectivity index (χ2v) is 8.13. The van der Waals surface area contributed by atoms with Crippen molar-refractivity contribution in [3.05, 3.63) is 29.3 Å². The SMILES string of the molecule is COCCN1CCC(CNS(=O)(=O)c2cc(C)ccc2C)CC1. The van der Waals surface area contributed by atoms with Gasteiger partial charge in [-0.05, 0) is 62.9 Å². The van der Waals surface area contributed by atoms with Crippen LogP contribution in [0.25, 0.3) is 0 Å². The Bertz CT molecular complexity index is 608. The van der Waals surface area contributed by atoms with Gasteiger partial charge in [0.1, 0.15) is 0 Å². The molecule has 0 saturated carbocycles. The first-order valence-electron chi connectivity index (χ1n) is 8.20. The maximum atomic E-state index is 12.5. The number of sulfonamides is 1. The molecule has 1 saturated heterocycles. The zero-order valence-electron chi connectivity index (χ0n) is 14.3. The Labute approximate surface area is 140 Å². The Morgan fingerprint density at radius 2 is 1.96 bits per heavy atom. The van der Waals surface area contributed by atoms with Crippen LogP contribution in [0.3, 0.4) is 0 Å². The van der Waals surface area contributed by atoms with Crippen LogP contribution in [0.4, 0.5) is 0 Å². The maximum absolute atomic E-state index is 12.5. The smallest absolute Gasteiger partial charge is 0.240 e. The summed E-state index contributed by atoms with van der Waals surface area (Å²) in [6.07, 6.45) is 2.05. The zero-order chi connectivity index (χ0) is 16.9. The van der Waals surface area contributed by atoms with Gasteiger partial charge in [-0.3, -0.25) is 0 Å². The maximum Gasteiger partial charge on any atom is 0.240 e. The van der Waals surface area contributed by atoms with Gasteiger partial charge in [0.25, 0.3) is 0 Å². The van der Waals surface area contributed by atoms with Gasteiger partial charge < -0.3 is 9.64 Å². The van der Waals surface area contributed by atoms with Crippen molar-refractivity contribution in [1.29, 1.82) is 0 Å². The van der Waals surface area contributed by atoms with Crippen molar-refractivity contribution in [1.82, 2.24) is 9.62 Å². The van der Waals surface area contributed by atoms with Gasteiger partial charge in [0.05, 0.1) is 11.5 Å². The lowest BCUT2D eigenvalue weighted by Gasteiger charge is -2.31. The quantitative estimate of drug-likeness (QED) is 0.824. The van der Waals surface area contributed by atoms with E-state index in [4.69, 9.17) is 4.74 Å². The number of methoxy groups -OCH3 is 1. The fourth-order valence-electron chi connectivity index (χ4n) is 2.94. The third kappa shape index (κ3) is 5.28. The van der Waals surface area contributed by atoms with Crippen LogP contribution in [0, 0.1) is 19.8 Å². The number of rotatable bonds is 7. The summed E-state index contributed by atoms with van der Waals surface area (Å²) in [5.41, 5.74) is 1.75. The van der Waals surface area contributed by atoms with E-state index >= 15 is 0 Å².